The summed E-state index contributed by atoms with van der Waals surface area (Å²) in [6.45, 7) is 3.13. The Morgan fingerprint density at radius 3 is 2.76 bits per heavy atom. The van der Waals surface area contributed by atoms with E-state index in [4.69, 9.17) is 17.3 Å². The summed E-state index contributed by atoms with van der Waals surface area (Å²) in [5.41, 5.74) is 8.34. The number of thiophene rings is 1. The van der Waals surface area contributed by atoms with E-state index in [-0.39, 0.29) is 18.3 Å². The summed E-state index contributed by atoms with van der Waals surface area (Å²) in [4.78, 5) is 18.8. The van der Waals surface area contributed by atoms with Crippen LogP contribution in [0.5, 0.6) is 0 Å². The first-order valence-corrected chi connectivity index (χ1v) is 9.11. The number of nitrogens with zero attached hydrogens (tertiary/aromatic N) is 1. The van der Waals surface area contributed by atoms with Gasteiger partial charge in [0.25, 0.3) is 0 Å². The average molecular weight is 398 g/mol. The van der Waals surface area contributed by atoms with Crippen molar-refractivity contribution < 1.29 is 4.79 Å². The fraction of sp³-hybridized carbons (Fsp3) is 0.278. The molecule has 0 aliphatic rings. The lowest BCUT2D eigenvalue weighted by Gasteiger charge is -2.23. The molecule has 25 heavy (non-hydrogen) atoms. The molecule has 0 radical (unpaired) electrons. The standard InChI is InChI=1S/C18H20ClN3OS.ClH/c1-2-22(11-13-7-8-17(19)24-13)18(23)15(20)9-12-10-21-16-6-4-3-5-14(12)16;/h3-8,10,15,21H,2,9,11,20H2,1H3;1H/t15-;/m0./s1. The molecule has 0 bridgehead atoms. The number of fused-ring (bicyclic) bond motifs is 1. The molecule has 0 spiro atoms. The summed E-state index contributed by atoms with van der Waals surface area (Å²) < 4.78 is 0.733. The van der Waals surface area contributed by atoms with Crippen LogP contribution in [0.1, 0.15) is 17.4 Å². The monoisotopic (exact) mass is 397 g/mol. The molecule has 3 N–H and O–H groups in total. The first-order valence-electron chi connectivity index (χ1n) is 7.92. The van der Waals surface area contributed by atoms with E-state index in [1.54, 1.807) is 4.90 Å². The molecule has 1 amide bonds. The van der Waals surface area contributed by atoms with Crippen molar-refractivity contribution in [3.8, 4) is 0 Å². The maximum atomic E-state index is 12.7. The molecular formula is C18H21Cl2N3OS. The second-order valence-corrected chi connectivity index (χ2v) is 7.53. The van der Waals surface area contributed by atoms with Crippen molar-refractivity contribution in [2.45, 2.75) is 25.9 Å². The van der Waals surface area contributed by atoms with Gasteiger partial charge in [0.15, 0.2) is 0 Å². The number of nitrogens with one attached hydrogen (secondary N) is 1. The summed E-state index contributed by atoms with van der Waals surface area (Å²) in [5.74, 6) is -0.0349. The average Bonchev–Trinajstić information content (AvgIpc) is 3.18. The summed E-state index contributed by atoms with van der Waals surface area (Å²) in [5, 5.41) is 1.12. The molecule has 2 heterocycles. The molecule has 4 nitrogen and oxygen atoms in total. The molecule has 0 saturated carbocycles. The highest BCUT2D eigenvalue weighted by Crippen LogP contribution is 2.23. The fourth-order valence-corrected chi connectivity index (χ4v) is 3.93. The molecule has 0 unspecified atom stereocenters. The predicted molar refractivity (Wildman–Crippen MR) is 108 cm³/mol. The summed E-state index contributed by atoms with van der Waals surface area (Å²) in [7, 11) is 0. The van der Waals surface area contributed by atoms with Crippen molar-refractivity contribution in [3.05, 3.63) is 57.4 Å². The Labute approximate surface area is 162 Å². The number of likely N-dealkylation sites (N-methyl/N-ethyl adjacent to an activating group) is 1. The zero-order chi connectivity index (χ0) is 17.1. The van der Waals surface area contributed by atoms with E-state index in [0.717, 1.165) is 25.7 Å². The molecule has 7 heteroatoms. The molecule has 3 aromatic rings. The van der Waals surface area contributed by atoms with Crippen molar-refractivity contribution in [2.75, 3.05) is 6.54 Å². The van der Waals surface area contributed by atoms with E-state index in [1.807, 2.05) is 49.5 Å². The minimum absolute atomic E-state index is 0. The van der Waals surface area contributed by atoms with E-state index >= 15 is 0 Å². The van der Waals surface area contributed by atoms with E-state index in [0.29, 0.717) is 19.5 Å². The first-order chi connectivity index (χ1) is 11.6. The highest BCUT2D eigenvalue weighted by Gasteiger charge is 2.22. The van der Waals surface area contributed by atoms with Gasteiger partial charge in [0.1, 0.15) is 0 Å². The summed E-state index contributed by atoms with van der Waals surface area (Å²) >= 11 is 7.46. The number of amides is 1. The zero-order valence-electron chi connectivity index (χ0n) is 13.9. The first kappa shape index (κ1) is 19.8. The zero-order valence-corrected chi connectivity index (χ0v) is 16.3. The Kier molecular flexibility index (Phi) is 6.90. The third kappa shape index (κ3) is 4.55. The van der Waals surface area contributed by atoms with Crippen molar-refractivity contribution in [1.82, 2.24) is 9.88 Å². The van der Waals surface area contributed by atoms with Gasteiger partial charge in [-0.2, -0.15) is 0 Å². The number of H-pyrrole nitrogens is 1. The van der Waals surface area contributed by atoms with Crippen molar-refractivity contribution in [1.29, 1.82) is 0 Å². The number of hydrogen-bond acceptors (Lipinski definition) is 3. The molecule has 1 atom stereocenters. The maximum Gasteiger partial charge on any atom is 0.240 e. The Morgan fingerprint density at radius 2 is 2.08 bits per heavy atom. The van der Waals surface area contributed by atoms with Crippen molar-refractivity contribution >= 4 is 52.2 Å². The normalized spacial score (nSPS) is 12.0. The number of carbonyl (C=O) groups excluding carboxylic acids is 1. The fourth-order valence-electron chi connectivity index (χ4n) is 2.83. The minimum Gasteiger partial charge on any atom is -0.361 e. The van der Waals surface area contributed by atoms with E-state index in [2.05, 4.69) is 4.98 Å². The predicted octanol–water partition coefficient (Wildman–Crippen LogP) is 4.22. The third-order valence-electron chi connectivity index (χ3n) is 4.10. The van der Waals surface area contributed by atoms with Crippen LogP contribution in [-0.4, -0.2) is 28.4 Å². The number of para-hydroxylation sites is 1. The Balaban J connectivity index is 0.00000225. The van der Waals surface area contributed by atoms with Crippen LogP contribution in [0, 0.1) is 0 Å². The van der Waals surface area contributed by atoms with E-state index in [1.165, 1.54) is 11.3 Å². The molecule has 1 aromatic carbocycles. The SMILES string of the molecule is CCN(Cc1ccc(Cl)s1)C(=O)[C@@H](N)Cc1c[nH]c2ccccc12.Cl. The lowest BCUT2D eigenvalue weighted by molar-refractivity contribution is -0.132. The van der Waals surface area contributed by atoms with Gasteiger partial charge in [0, 0.05) is 28.5 Å². The van der Waals surface area contributed by atoms with E-state index < -0.39 is 6.04 Å². The molecule has 134 valence electrons. The van der Waals surface area contributed by atoms with Crippen molar-refractivity contribution in [2.24, 2.45) is 5.73 Å². The second kappa shape index (κ2) is 8.72. The minimum atomic E-state index is -0.556. The van der Waals surface area contributed by atoms with Gasteiger partial charge in [0.2, 0.25) is 5.91 Å². The van der Waals surface area contributed by atoms with Crippen LogP contribution in [0.15, 0.2) is 42.6 Å². The van der Waals surface area contributed by atoms with Gasteiger partial charge in [0.05, 0.1) is 16.9 Å². The molecule has 0 aliphatic carbocycles. The van der Waals surface area contributed by atoms with Gasteiger partial charge in [-0.25, -0.2) is 0 Å². The van der Waals surface area contributed by atoms with Crippen molar-refractivity contribution in [3.63, 3.8) is 0 Å². The number of carbonyl (C=O) groups is 1. The highest BCUT2D eigenvalue weighted by atomic mass is 35.5. The lowest BCUT2D eigenvalue weighted by Crippen LogP contribution is -2.44. The van der Waals surface area contributed by atoms with Crippen LogP contribution in [0.2, 0.25) is 4.34 Å². The van der Waals surface area contributed by atoms with Crippen LogP contribution in [0.4, 0.5) is 0 Å². The Morgan fingerprint density at radius 1 is 1.32 bits per heavy atom. The molecular weight excluding hydrogens is 377 g/mol. The molecule has 3 rings (SSSR count). The molecule has 0 aliphatic heterocycles. The number of hydrogen-bond donors (Lipinski definition) is 2. The topological polar surface area (TPSA) is 62.1 Å². The smallest absolute Gasteiger partial charge is 0.240 e. The van der Waals surface area contributed by atoms with Crippen LogP contribution in [0.3, 0.4) is 0 Å². The van der Waals surface area contributed by atoms with Gasteiger partial charge in [-0.3, -0.25) is 4.79 Å². The highest BCUT2D eigenvalue weighted by molar-refractivity contribution is 7.16. The molecule has 0 fully saturated rings. The summed E-state index contributed by atoms with van der Waals surface area (Å²) in [6.07, 6.45) is 2.46. The van der Waals surface area contributed by atoms with Gasteiger partial charge >= 0.3 is 0 Å². The number of halogens is 2. The number of rotatable bonds is 6. The number of aromatic amines is 1. The molecule has 2 aromatic heterocycles. The number of aromatic nitrogens is 1. The lowest BCUT2D eigenvalue weighted by atomic mass is 10.0. The second-order valence-electron chi connectivity index (χ2n) is 5.73. The van der Waals surface area contributed by atoms with Crippen LogP contribution >= 0.6 is 35.3 Å². The van der Waals surface area contributed by atoms with Crippen LogP contribution in [-0.2, 0) is 17.8 Å². The molecule has 0 saturated heterocycles. The number of nitrogens with two attached hydrogens (primary N) is 1. The largest absolute Gasteiger partial charge is 0.361 e. The van der Waals surface area contributed by atoms with E-state index in [9.17, 15) is 4.79 Å². The van der Waals surface area contributed by atoms with Crippen LogP contribution < -0.4 is 5.73 Å². The van der Waals surface area contributed by atoms with Gasteiger partial charge in [-0.15, -0.1) is 23.7 Å². The van der Waals surface area contributed by atoms with Crippen LogP contribution in [0.25, 0.3) is 10.9 Å². The summed E-state index contributed by atoms with van der Waals surface area (Å²) in [6, 6.07) is 11.3. The van der Waals surface area contributed by atoms with Gasteiger partial charge < -0.3 is 15.6 Å². The Hall–Kier alpha value is -1.53. The number of benzene rings is 1. The quantitative estimate of drug-likeness (QED) is 0.653. The third-order valence-corrected chi connectivity index (χ3v) is 5.32. The maximum absolute atomic E-state index is 12.7. The van der Waals surface area contributed by atoms with Gasteiger partial charge in [-0.1, -0.05) is 29.8 Å². The van der Waals surface area contributed by atoms with Gasteiger partial charge in [-0.05, 0) is 37.1 Å². The Bertz CT molecular complexity index is 846.